The Kier molecular flexibility index (Phi) is 5.11. The third kappa shape index (κ3) is 4.22. The van der Waals surface area contributed by atoms with E-state index in [-0.39, 0.29) is 17.5 Å². The summed E-state index contributed by atoms with van der Waals surface area (Å²) in [4.78, 5) is 12.1. The summed E-state index contributed by atoms with van der Waals surface area (Å²) in [5.41, 5.74) is -0.0697. The standard InChI is InChI=1S/C16H21F3N2O/c1-10(2)21-15(22)13-7-12(11-3-5-20-6-4-11)8-14(9-13)16(17,18)19/h7-11,20H,3-6H2,1-2H3,(H,21,22). The molecule has 1 aliphatic rings. The first kappa shape index (κ1) is 16.8. The van der Waals surface area contributed by atoms with E-state index in [1.807, 2.05) is 0 Å². The van der Waals surface area contributed by atoms with Gasteiger partial charge in [0.2, 0.25) is 0 Å². The molecule has 0 spiro atoms. The molecule has 0 radical (unpaired) electrons. The van der Waals surface area contributed by atoms with E-state index in [0.29, 0.717) is 5.56 Å². The molecule has 1 aromatic carbocycles. The average Bonchev–Trinajstić information content (AvgIpc) is 2.46. The number of amides is 1. The van der Waals surface area contributed by atoms with Crippen LogP contribution in [0.1, 0.15) is 54.1 Å². The fourth-order valence-corrected chi connectivity index (χ4v) is 2.68. The second-order valence-corrected chi connectivity index (χ2v) is 5.99. The Hall–Kier alpha value is -1.56. The highest BCUT2D eigenvalue weighted by Gasteiger charge is 2.32. The number of carbonyl (C=O) groups excluding carboxylic acids is 1. The molecular weight excluding hydrogens is 293 g/mol. The Balaban J connectivity index is 2.38. The molecule has 122 valence electrons. The van der Waals surface area contributed by atoms with Gasteiger partial charge in [0.1, 0.15) is 0 Å². The first-order valence-corrected chi connectivity index (χ1v) is 7.51. The van der Waals surface area contributed by atoms with Crippen molar-refractivity contribution in [3.8, 4) is 0 Å². The molecule has 6 heteroatoms. The number of benzene rings is 1. The van der Waals surface area contributed by atoms with Gasteiger partial charge in [-0.25, -0.2) is 0 Å². The quantitative estimate of drug-likeness (QED) is 0.899. The Labute approximate surface area is 128 Å². The first-order chi connectivity index (χ1) is 10.3. The van der Waals surface area contributed by atoms with Gasteiger partial charge >= 0.3 is 6.18 Å². The largest absolute Gasteiger partial charge is 0.416 e. The second-order valence-electron chi connectivity index (χ2n) is 5.99. The summed E-state index contributed by atoms with van der Waals surface area (Å²) in [5, 5.41) is 5.84. The van der Waals surface area contributed by atoms with Gasteiger partial charge in [0.15, 0.2) is 0 Å². The molecule has 0 atom stereocenters. The Bertz CT molecular complexity index is 535. The van der Waals surface area contributed by atoms with Crippen LogP contribution in [0.5, 0.6) is 0 Å². The Morgan fingerprint density at radius 2 is 1.86 bits per heavy atom. The molecular formula is C16H21F3N2O. The predicted octanol–water partition coefficient (Wildman–Crippen LogP) is 3.31. The Morgan fingerprint density at radius 1 is 1.23 bits per heavy atom. The van der Waals surface area contributed by atoms with E-state index in [1.54, 1.807) is 19.9 Å². The van der Waals surface area contributed by atoms with Crippen LogP contribution in [0.2, 0.25) is 0 Å². The molecule has 1 amide bonds. The van der Waals surface area contributed by atoms with Gasteiger partial charge in [0, 0.05) is 11.6 Å². The number of hydrogen-bond donors (Lipinski definition) is 2. The molecule has 1 aliphatic heterocycles. The van der Waals surface area contributed by atoms with Gasteiger partial charge in [0.05, 0.1) is 5.56 Å². The smallest absolute Gasteiger partial charge is 0.350 e. The summed E-state index contributed by atoms with van der Waals surface area (Å²) in [7, 11) is 0. The molecule has 1 fully saturated rings. The number of alkyl halides is 3. The van der Waals surface area contributed by atoms with Crippen molar-refractivity contribution < 1.29 is 18.0 Å². The zero-order valence-corrected chi connectivity index (χ0v) is 12.8. The number of piperidine rings is 1. The summed E-state index contributed by atoms with van der Waals surface area (Å²) in [6, 6.07) is 3.59. The maximum Gasteiger partial charge on any atom is 0.416 e. The number of carbonyl (C=O) groups is 1. The fourth-order valence-electron chi connectivity index (χ4n) is 2.68. The fraction of sp³-hybridized carbons (Fsp3) is 0.562. The highest BCUT2D eigenvalue weighted by Crippen LogP contribution is 2.34. The molecule has 0 aliphatic carbocycles. The summed E-state index contributed by atoms with van der Waals surface area (Å²) in [6.07, 6.45) is -2.88. The van der Waals surface area contributed by atoms with Crippen molar-refractivity contribution in [3.05, 3.63) is 34.9 Å². The van der Waals surface area contributed by atoms with Crippen molar-refractivity contribution in [1.82, 2.24) is 10.6 Å². The van der Waals surface area contributed by atoms with Crippen molar-refractivity contribution in [2.24, 2.45) is 0 Å². The highest BCUT2D eigenvalue weighted by atomic mass is 19.4. The van der Waals surface area contributed by atoms with E-state index in [1.165, 1.54) is 6.07 Å². The van der Waals surface area contributed by atoms with Gasteiger partial charge < -0.3 is 10.6 Å². The number of nitrogens with one attached hydrogen (secondary N) is 2. The lowest BCUT2D eigenvalue weighted by Crippen LogP contribution is -2.31. The van der Waals surface area contributed by atoms with Crippen LogP contribution in [0.4, 0.5) is 13.2 Å². The maximum absolute atomic E-state index is 13.1. The minimum absolute atomic E-state index is 0.0640. The molecule has 0 saturated carbocycles. The van der Waals surface area contributed by atoms with E-state index in [4.69, 9.17) is 0 Å². The third-order valence-electron chi connectivity index (χ3n) is 3.78. The third-order valence-corrected chi connectivity index (χ3v) is 3.78. The summed E-state index contributed by atoms with van der Waals surface area (Å²) < 4.78 is 39.3. The molecule has 1 heterocycles. The lowest BCUT2D eigenvalue weighted by molar-refractivity contribution is -0.137. The van der Waals surface area contributed by atoms with Crippen LogP contribution >= 0.6 is 0 Å². The lowest BCUT2D eigenvalue weighted by atomic mass is 9.88. The van der Waals surface area contributed by atoms with Crippen LogP contribution in [0.25, 0.3) is 0 Å². The average molecular weight is 314 g/mol. The molecule has 0 aromatic heterocycles. The Morgan fingerprint density at radius 3 is 2.41 bits per heavy atom. The number of halogens is 3. The molecule has 0 bridgehead atoms. The summed E-state index contributed by atoms with van der Waals surface area (Å²) in [6.45, 7) is 5.13. The zero-order chi connectivity index (χ0) is 16.3. The zero-order valence-electron chi connectivity index (χ0n) is 12.8. The van der Waals surface area contributed by atoms with Gasteiger partial charge in [-0.05, 0) is 69.5 Å². The first-order valence-electron chi connectivity index (χ1n) is 7.51. The normalized spacial score (nSPS) is 16.8. The van der Waals surface area contributed by atoms with Gasteiger partial charge in [-0.3, -0.25) is 4.79 Å². The van der Waals surface area contributed by atoms with Crippen LogP contribution in [-0.2, 0) is 6.18 Å². The van der Waals surface area contributed by atoms with Crippen molar-refractivity contribution >= 4 is 5.91 Å². The molecule has 3 nitrogen and oxygen atoms in total. The van der Waals surface area contributed by atoms with Crippen LogP contribution in [0, 0.1) is 0 Å². The van der Waals surface area contributed by atoms with Crippen LogP contribution < -0.4 is 10.6 Å². The lowest BCUT2D eigenvalue weighted by Gasteiger charge is -2.24. The topological polar surface area (TPSA) is 41.1 Å². The maximum atomic E-state index is 13.1. The summed E-state index contributed by atoms with van der Waals surface area (Å²) in [5.74, 6) is -0.398. The molecule has 1 saturated heterocycles. The molecule has 2 rings (SSSR count). The molecule has 2 N–H and O–H groups in total. The van der Waals surface area contributed by atoms with E-state index in [0.717, 1.165) is 32.0 Å². The number of rotatable bonds is 3. The number of hydrogen-bond acceptors (Lipinski definition) is 2. The second kappa shape index (κ2) is 6.69. The molecule has 22 heavy (non-hydrogen) atoms. The van der Waals surface area contributed by atoms with Gasteiger partial charge in [0.25, 0.3) is 5.91 Å². The van der Waals surface area contributed by atoms with Gasteiger partial charge in [-0.1, -0.05) is 0 Å². The van der Waals surface area contributed by atoms with Gasteiger partial charge in [-0.15, -0.1) is 0 Å². The van der Waals surface area contributed by atoms with Crippen LogP contribution in [-0.4, -0.2) is 25.0 Å². The van der Waals surface area contributed by atoms with E-state index in [2.05, 4.69) is 10.6 Å². The van der Waals surface area contributed by atoms with Gasteiger partial charge in [-0.2, -0.15) is 13.2 Å². The van der Waals surface area contributed by atoms with Crippen molar-refractivity contribution in [3.63, 3.8) is 0 Å². The van der Waals surface area contributed by atoms with Crippen LogP contribution in [0.15, 0.2) is 18.2 Å². The van der Waals surface area contributed by atoms with Crippen molar-refractivity contribution in [2.45, 2.75) is 44.8 Å². The molecule has 0 unspecified atom stereocenters. The molecule has 1 aromatic rings. The van der Waals surface area contributed by atoms with Crippen molar-refractivity contribution in [1.29, 1.82) is 0 Å². The van der Waals surface area contributed by atoms with E-state index in [9.17, 15) is 18.0 Å². The SMILES string of the molecule is CC(C)NC(=O)c1cc(C2CCNCC2)cc(C(F)(F)F)c1. The minimum Gasteiger partial charge on any atom is -0.350 e. The predicted molar refractivity (Wildman–Crippen MR) is 78.9 cm³/mol. The monoisotopic (exact) mass is 314 g/mol. The van der Waals surface area contributed by atoms with Crippen molar-refractivity contribution in [2.75, 3.05) is 13.1 Å². The van der Waals surface area contributed by atoms with Crippen LogP contribution in [0.3, 0.4) is 0 Å². The highest BCUT2D eigenvalue weighted by molar-refractivity contribution is 5.94. The minimum atomic E-state index is -4.45. The van der Waals surface area contributed by atoms with E-state index < -0.39 is 17.6 Å². The summed E-state index contributed by atoms with van der Waals surface area (Å²) >= 11 is 0. The van der Waals surface area contributed by atoms with E-state index >= 15 is 0 Å².